The van der Waals surface area contributed by atoms with Crippen LogP contribution in [0.15, 0.2) is 0 Å². The lowest BCUT2D eigenvalue weighted by atomic mass is 9.88. The van der Waals surface area contributed by atoms with Crippen molar-refractivity contribution >= 4 is 5.97 Å². The number of methoxy groups -OCH3 is 1. The lowest BCUT2D eigenvalue weighted by molar-refractivity contribution is -0.148. The van der Waals surface area contributed by atoms with E-state index in [4.69, 9.17) is 0 Å². The van der Waals surface area contributed by atoms with Crippen LogP contribution in [0, 0.1) is 5.41 Å². The Labute approximate surface area is 59.7 Å². The van der Waals surface area contributed by atoms with E-state index in [0.717, 1.165) is 6.54 Å². The number of esters is 1. The van der Waals surface area contributed by atoms with Gasteiger partial charge < -0.3 is 10.1 Å². The van der Waals surface area contributed by atoms with Gasteiger partial charge >= 0.3 is 5.97 Å². The summed E-state index contributed by atoms with van der Waals surface area (Å²) in [6.07, 6.45) is 2.39. The average molecular weight is 141 g/mol. The van der Waals surface area contributed by atoms with Crippen LogP contribution < -0.4 is 5.32 Å². The van der Waals surface area contributed by atoms with Crippen molar-refractivity contribution in [1.82, 2.24) is 5.32 Å². The summed E-state index contributed by atoms with van der Waals surface area (Å²) >= 11 is 0. The molecule has 2 fully saturated rings. The van der Waals surface area contributed by atoms with Gasteiger partial charge in [0.2, 0.25) is 0 Å². The second kappa shape index (κ2) is 1.72. The van der Waals surface area contributed by atoms with Crippen LogP contribution in [0.4, 0.5) is 0 Å². The molecule has 0 amide bonds. The molecule has 2 rings (SSSR count). The summed E-state index contributed by atoms with van der Waals surface area (Å²) in [4.78, 5) is 11.0. The van der Waals surface area contributed by atoms with Crippen LogP contribution in [-0.4, -0.2) is 25.7 Å². The largest absolute Gasteiger partial charge is 0.468 e. The van der Waals surface area contributed by atoms with E-state index < -0.39 is 0 Å². The number of hydrogen-bond acceptors (Lipinski definition) is 3. The molecule has 1 aliphatic carbocycles. The maximum Gasteiger partial charge on any atom is 0.323 e. The number of rotatable bonds is 1. The topological polar surface area (TPSA) is 38.3 Å². The first-order chi connectivity index (χ1) is 4.78. The van der Waals surface area contributed by atoms with E-state index in [1.807, 2.05) is 0 Å². The number of hydrogen-bond donors (Lipinski definition) is 1. The fraction of sp³-hybridized carbons (Fsp3) is 0.857. The smallest absolute Gasteiger partial charge is 0.323 e. The highest BCUT2D eigenvalue weighted by atomic mass is 16.5. The van der Waals surface area contributed by atoms with Crippen LogP contribution in [0.3, 0.4) is 0 Å². The summed E-state index contributed by atoms with van der Waals surface area (Å²) in [5.41, 5.74) is 0.326. The first-order valence-corrected chi connectivity index (χ1v) is 3.60. The summed E-state index contributed by atoms with van der Waals surface area (Å²) < 4.78 is 4.63. The Hall–Kier alpha value is -0.570. The average Bonchev–Trinajstić information content (AvgIpc) is 2.65. The van der Waals surface area contributed by atoms with Gasteiger partial charge in [0.25, 0.3) is 0 Å². The predicted octanol–water partition coefficient (Wildman–Crippen LogP) is -0.0886. The Bertz CT molecular complexity index is 174. The third-order valence-corrected chi connectivity index (χ3v) is 2.60. The summed E-state index contributed by atoms with van der Waals surface area (Å²) in [5, 5.41) is 3.07. The summed E-state index contributed by atoms with van der Waals surface area (Å²) in [6, 6.07) is 0.0116. The van der Waals surface area contributed by atoms with E-state index in [2.05, 4.69) is 10.1 Å². The molecule has 10 heavy (non-hydrogen) atoms. The molecule has 1 spiro atoms. The Kier molecular flexibility index (Phi) is 1.06. The molecule has 2 aliphatic rings. The molecule has 1 N–H and O–H groups in total. The zero-order valence-corrected chi connectivity index (χ0v) is 6.02. The normalized spacial score (nSPS) is 33.1. The molecular formula is C7H11NO2. The quantitative estimate of drug-likeness (QED) is 0.519. The standard InChI is InChI=1S/C7H11NO2/c1-10-6(9)5-7(2-3-7)4-8-5/h5,8H,2-4H2,1H3. The van der Waals surface area contributed by atoms with Gasteiger partial charge in [0, 0.05) is 12.0 Å². The van der Waals surface area contributed by atoms with Gasteiger partial charge in [-0.1, -0.05) is 0 Å². The van der Waals surface area contributed by atoms with Crippen molar-refractivity contribution in [3.63, 3.8) is 0 Å². The maximum atomic E-state index is 11.0. The SMILES string of the molecule is COC(=O)C1NCC12CC2. The number of ether oxygens (including phenoxy) is 1. The molecule has 3 nitrogen and oxygen atoms in total. The van der Waals surface area contributed by atoms with Gasteiger partial charge in [-0.05, 0) is 12.8 Å². The summed E-state index contributed by atoms with van der Waals surface area (Å²) in [7, 11) is 1.44. The Morgan fingerprint density at radius 1 is 1.70 bits per heavy atom. The molecule has 1 atom stereocenters. The minimum atomic E-state index is -0.0937. The summed E-state index contributed by atoms with van der Waals surface area (Å²) in [5.74, 6) is -0.0937. The monoisotopic (exact) mass is 141 g/mol. The van der Waals surface area contributed by atoms with Crippen LogP contribution in [-0.2, 0) is 9.53 Å². The second-order valence-electron chi connectivity index (χ2n) is 3.20. The van der Waals surface area contributed by atoms with E-state index in [-0.39, 0.29) is 12.0 Å². The van der Waals surface area contributed by atoms with Crippen LogP contribution in [0.2, 0.25) is 0 Å². The van der Waals surface area contributed by atoms with Crippen LogP contribution in [0.1, 0.15) is 12.8 Å². The predicted molar refractivity (Wildman–Crippen MR) is 35.5 cm³/mol. The van der Waals surface area contributed by atoms with Crippen molar-refractivity contribution < 1.29 is 9.53 Å². The van der Waals surface area contributed by atoms with Crippen molar-refractivity contribution in [3.8, 4) is 0 Å². The van der Waals surface area contributed by atoms with Gasteiger partial charge in [0.1, 0.15) is 6.04 Å². The van der Waals surface area contributed by atoms with Gasteiger partial charge in [-0.3, -0.25) is 4.79 Å². The summed E-state index contributed by atoms with van der Waals surface area (Å²) in [6.45, 7) is 1.01. The van der Waals surface area contributed by atoms with Crippen molar-refractivity contribution in [2.24, 2.45) is 5.41 Å². The number of nitrogens with one attached hydrogen (secondary N) is 1. The highest BCUT2D eigenvalue weighted by Gasteiger charge is 2.59. The molecule has 0 aromatic heterocycles. The fourth-order valence-corrected chi connectivity index (χ4v) is 1.57. The Balaban J connectivity index is 2.00. The molecular weight excluding hydrogens is 130 g/mol. The van der Waals surface area contributed by atoms with E-state index >= 15 is 0 Å². The Morgan fingerprint density at radius 3 is 2.70 bits per heavy atom. The number of carbonyl (C=O) groups excluding carboxylic acids is 1. The molecule has 1 saturated carbocycles. The lowest BCUT2D eigenvalue weighted by Crippen LogP contribution is -2.59. The molecule has 56 valence electrons. The van der Waals surface area contributed by atoms with Crippen LogP contribution in [0.5, 0.6) is 0 Å². The highest BCUT2D eigenvalue weighted by Crippen LogP contribution is 2.53. The first-order valence-electron chi connectivity index (χ1n) is 3.60. The van der Waals surface area contributed by atoms with Crippen LogP contribution in [0.25, 0.3) is 0 Å². The van der Waals surface area contributed by atoms with E-state index in [1.54, 1.807) is 0 Å². The molecule has 0 bridgehead atoms. The zero-order valence-electron chi connectivity index (χ0n) is 6.02. The maximum absolute atomic E-state index is 11.0. The van der Waals surface area contributed by atoms with Crippen LogP contribution >= 0.6 is 0 Å². The molecule has 1 heterocycles. The van der Waals surface area contributed by atoms with E-state index in [0.29, 0.717) is 5.41 Å². The highest BCUT2D eigenvalue weighted by molar-refractivity contribution is 5.79. The minimum Gasteiger partial charge on any atom is -0.468 e. The van der Waals surface area contributed by atoms with E-state index in [1.165, 1.54) is 20.0 Å². The molecule has 0 aromatic rings. The molecule has 0 aromatic carbocycles. The second-order valence-corrected chi connectivity index (χ2v) is 3.20. The minimum absolute atomic E-state index is 0.0116. The van der Waals surface area contributed by atoms with Crippen molar-refractivity contribution in [2.45, 2.75) is 18.9 Å². The first kappa shape index (κ1) is 6.16. The van der Waals surface area contributed by atoms with Gasteiger partial charge in [0.05, 0.1) is 7.11 Å². The molecule has 1 unspecified atom stereocenters. The molecule has 1 saturated heterocycles. The Morgan fingerprint density at radius 2 is 2.40 bits per heavy atom. The lowest BCUT2D eigenvalue weighted by Gasteiger charge is -2.36. The molecule has 1 aliphatic heterocycles. The van der Waals surface area contributed by atoms with E-state index in [9.17, 15) is 4.79 Å². The molecule has 3 heteroatoms. The molecule has 0 radical (unpaired) electrons. The third kappa shape index (κ3) is 0.611. The van der Waals surface area contributed by atoms with Crippen molar-refractivity contribution in [3.05, 3.63) is 0 Å². The zero-order chi connectivity index (χ0) is 7.19. The van der Waals surface area contributed by atoms with Crippen molar-refractivity contribution in [2.75, 3.05) is 13.7 Å². The number of carbonyl (C=O) groups is 1. The van der Waals surface area contributed by atoms with Gasteiger partial charge in [0.15, 0.2) is 0 Å². The van der Waals surface area contributed by atoms with Gasteiger partial charge in [-0.25, -0.2) is 0 Å². The third-order valence-electron chi connectivity index (χ3n) is 2.60. The fourth-order valence-electron chi connectivity index (χ4n) is 1.57. The van der Waals surface area contributed by atoms with Gasteiger partial charge in [-0.2, -0.15) is 0 Å². The van der Waals surface area contributed by atoms with Crippen molar-refractivity contribution in [1.29, 1.82) is 0 Å². The van der Waals surface area contributed by atoms with Gasteiger partial charge in [-0.15, -0.1) is 0 Å².